The summed E-state index contributed by atoms with van der Waals surface area (Å²) in [6.45, 7) is 3.67. The molecular weight excluding hydrogens is 282 g/mol. The number of Topliss-reactive ketones (excluding diaryl/α,β-unsaturated/α-hetero) is 1. The van der Waals surface area contributed by atoms with E-state index in [0.29, 0.717) is 36.4 Å². The fourth-order valence-corrected chi connectivity index (χ4v) is 4.98. The van der Waals surface area contributed by atoms with E-state index in [4.69, 9.17) is 0 Å². The van der Waals surface area contributed by atoms with Gasteiger partial charge in [0.2, 0.25) is 10.0 Å². The van der Waals surface area contributed by atoms with E-state index in [1.165, 1.54) is 0 Å². The van der Waals surface area contributed by atoms with E-state index in [1.807, 2.05) is 6.92 Å². The minimum Gasteiger partial charge on any atom is -0.464 e. The van der Waals surface area contributed by atoms with Gasteiger partial charge < -0.3 is 5.11 Å². The van der Waals surface area contributed by atoms with Crippen molar-refractivity contribution in [2.75, 3.05) is 0 Å². The molecule has 2 saturated carbocycles. The maximum Gasteiger partial charge on any atom is 0.421 e. The van der Waals surface area contributed by atoms with Crippen molar-refractivity contribution in [3.63, 3.8) is 0 Å². The van der Waals surface area contributed by atoms with E-state index in [1.54, 1.807) is 6.92 Å². The monoisotopic (exact) mass is 303 g/mol. The maximum atomic E-state index is 12.2. The molecule has 0 aromatic rings. The summed E-state index contributed by atoms with van der Waals surface area (Å²) < 4.78 is 25.1. The van der Waals surface area contributed by atoms with Gasteiger partial charge in [0.05, 0.1) is 11.3 Å². The van der Waals surface area contributed by atoms with Crippen molar-refractivity contribution in [1.82, 2.24) is 4.31 Å². The van der Waals surface area contributed by atoms with Crippen LogP contribution < -0.4 is 0 Å². The molecule has 0 aliphatic heterocycles. The van der Waals surface area contributed by atoms with Gasteiger partial charge >= 0.3 is 6.09 Å². The Morgan fingerprint density at radius 2 is 1.85 bits per heavy atom. The number of ketones is 1. The SMILES string of the molecule is CCC(=O)C1CC(N(C(=O)O)S(=O)(=O)C2CC2)CC1C. The molecule has 1 amide bonds. The lowest BCUT2D eigenvalue weighted by Crippen LogP contribution is -2.44. The van der Waals surface area contributed by atoms with Gasteiger partial charge in [-0.25, -0.2) is 17.5 Å². The molecule has 20 heavy (non-hydrogen) atoms. The highest BCUT2D eigenvalue weighted by Gasteiger charge is 2.49. The lowest BCUT2D eigenvalue weighted by atomic mass is 9.92. The number of hydrogen-bond acceptors (Lipinski definition) is 4. The van der Waals surface area contributed by atoms with E-state index in [0.717, 1.165) is 0 Å². The summed E-state index contributed by atoms with van der Waals surface area (Å²) >= 11 is 0. The molecular formula is C13H21NO5S. The van der Waals surface area contributed by atoms with Gasteiger partial charge in [-0.05, 0) is 31.6 Å². The molecule has 6 nitrogen and oxygen atoms in total. The van der Waals surface area contributed by atoms with Gasteiger partial charge in [0, 0.05) is 12.3 Å². The van der Waals surface area contributed by atoms with E-state index >= 15 is 0 Å². The zero-order valence-electron chi connectivity index (χ0n) is 11.8. The summed E-state index contributed by atoms with van der Waals surface area (Å²) in [5, 5.41) is 8.73. The Bertz CT molecular complexity index is 511. The zero-order chi connectivity index (χ0) is 15.1. The summed E-state index contributed by atoms with van der Waals surface area (Å²) in [4.78, 5) is 23.2. The fourth-order valence-electron chi connectivity index (χ4n) is 3.12. The third-order valence-corrected chi connectivity index (χ3v) is 6.68. The third-order valence-electron chi connectivity index (χ3n) is 4.36. The highest BCUT2D eigenvalue weighted by Crippen LogP contribution is 2.40. The molecule has 0 aromatic heterocycles. The van der Waals surface area contributed by atoms with Gasteiger partial charge in [-0.3, -0.25) is 4.79 Å². The van der Waals surface area contributed by atoms with Gasteiger partial charge in [-0.2, -0.15) is 0 Å². The summed E-state index contributed by atoms with van der Waals surface area (Å²) in [5.41, 5.74) is 0. The molecule has 7 heteroatoms. The highest BCUT2D eigenvalue weighted by atomic mass is 32.2. The van der Waals surface area contributed by atoms with Crippen LogP contribution in [0.25, 0.3) is 0 Å². The van der Waals surface area contributed by atoms with Crippen LogP contribution in [-0.2, 0) is 14.8 Å². The van der Waals surface area contributed by atoms with Crippen LogP contribution in [0, 0.1) is 11.8 Å². The molecule has 3 unspecified atom stereocenters. The van der Waals surface area contributed by atoms with Gasteiger partial charge in [0.1, 0.15) is 5.78 Å². The van der Waals surface area contributed by atoms with E-state index in [9.17, 15) is 23.1 Å². The molecule has 0 heterocycles. The molecule has 2 fully saturated rings. The zero-order valence-corrected chi connectivity index (χ0v) is 12.6. The first-order chi connectivity index (χ1) is 9.28. The van der Waals surface area contributed by atoms with Crippen molar-refractivity contribution in [3.05, 3.63) is 0 Å². The lowest BCUT2D eigenvalue weighted by molar-refractivity contribution is -0.123. The largest absolute Gasteiger partial charge is 0.464 e. The molecule has 0 bridgehead atoms. The Morgan fingerprint density at radius 1 is 1.25 bits per heavy atom. The second-order valence-electron chi connectivity index (χ2n) is 5.85. The first-order valence-electron chi connectivity index (χ1n) is 7.07. The van der Waals surface area contributed by atoms with E-state index in [-0.39, 0.29) is 17.6 Å². The van der Waals surface area contributed by atoms with Gasteiger partial charge in [-0.15, -0.1) is 0 Å². The van der Waals surface area contributed by atoms with Crippen molar-refractivity contribution >= 4 is 21.9 Å². The number of amides is 1. The van der Waals surface area contributed by atoms with Crippen molar-refractivity contribution in [3.8, 4) is 0 Å². The normalized spacial score (nSPS) is 30.2. The topological polar surface area (TPSA) is 91.8 Å². The molecule has 0 saturated heterocycles. The average molecular weight is 303 g/mol. The van der Waals surface area contributed by atoms with Crippen LogP contribution in [0.5, 0.6) is 0 Å². The van der Waals surface area contributed by atoms with E-state index < -0.39 is 27.4 Å². The number of nitrogens with zero attached hydrogens (tertiary/aromatic N) is 1. The maximum absolute atomic E-state index is 12.2. The first kappa shape index (κ1) is 15.3. The van der Waals surface area contributed by atoms with Crippen LogP contribution in [0.3, 0.4) is 0 Å². The molecule has 0 aromatic carbocycles. The predicted octanol–water partition coefficient (Wildman–Crippen LogP) is 1.85. The predicted molar refractivity (Wildman–Crippen MR) is 72.8 cm³/mol. The number of hydrogen-bond donors (Lipinski definition) is 1. The van der Waals surface area contributed by atoms with E-state index in [2.05, 4.69) is 0 Å². The van der Waals surface area contributed by atoms with Crippen LogP contribution in [0.1, 0.15) is 46.0 Å². The Morgan fingerprint density at radius 3 is 2.30 bits per heavy atom. The summed E-state index contributed by atoms with van der Waals surface area (Å²) in [6.07, 6.45) is 0.821. The molecule has 3 atom stereocenters. The van der Waals surface area contributed by atoms with Crippen molar-refractivity contribution in [1.29, 1.82) is 0 Å². The molecule has 2 rings (SSSR count). The van der Waals surface area contributed by atoms with Crippen LogP contribution in [-0.4, -0.2) is 41.0 Å². The molecule has 2 aliphatic rings. The Labute approximate surface area is 119 Å². The number of sulfonamides is 1. The number of carbonyl (C=O) groups is 2. The number of carboxylic acid groups (broad SMARTS) is 1. The Hall–Kier alpha value is -1.11. The Kier molecular flexibility index (Phi) is 4.09. The van der Waals surface area contributed by atoms with Gasteiger partial charge in [0.25, 0.3) is 0 Å². The van der Waals surface area contributed by atoms with Crippen LogP contribution in [0.15, 0.2) is 0 Å². The molecule has 114 valence electrons. The van der Waals surface area contributed by atoms with Gasteiger partial charge in [0.15, 0.2) is 0 Å². The number of rotatable bonds is 5. The standard InChI is InChI=1S/C13H21NO5S/c1-3-12(15)11-7-9(6-8(11)2)14(13(16)17)20(18,19)10-4-5-10/h8-11H,3-7H2,1-2H3,(H,16,17). The van der Waals surface area contributed by atoms with Crippen molar-refractivity contribution in [2.24, 2.45) is 11.8 Å². The quantitative estimate of drug-likeness (QED) is 0.837. The summed E-state index contributed by atoms with van der Waals surface area (Å²) in [7, 11) is -3.77. The smallest absolute Gasteiger partial charge is 0.421 e. The average Bonchev–Trinajstić information content (AvgIpc) is 3.13. The molecule has 2 aliphatic carbocycles. The summed E-state index contributed by atoms with van der Waals surface area (Å²) in [6, 6.07) is -0.589. The first-order valence-corrected chi connectivity index (χ1v) is 8.58. The highest BCUT2D eigenvalue weighted by molar-refractivity contribution is 7.90. The molecule has 0 spiro atoms. The Balaban J connectivity index is 2.20. The minimum absolute atomic E-state index is 0.0312. The molecule has 0 radical (unpaired) electrons. The van der Waals surface area contributed by atoms with Gasteiger partial charge in [-0.1, -0.05) is 13.8 Å². The minimum atomic E-state index is -3.77. The van der Waals surface area contributed by atoms with Crippen LogP contribution in [0.4, 0.5) is 4.79 Å². The van der Waals surface area contributed by atoms with Crippen molar-refractivity contribution in [2.45, 2.75) is 57.2 Å². The fraction of sp³-hybridized carbons (Fsp3) is 0.846. The number of carbonyl (C=O) groups excluding carboxylic acids is 1. The third kappa shape index (κ3) is 2.68. The summed E-state index contributed by atoms with van der Waals surface area (Å²) in [5.74, 6) is -0.0980. The van der Waals surface area contributed by atoms with Crippen LogP contribution in [0.2, 0.25) is 0 Å². The second-order valence-corrected chi connectivity index (χ2v) is 7.94. The lowest BCUT2D eigenvalue weighted by Gasteiger charge is -2.25. The molecule has 1 N–H and O–H groups in total. The van der Waals surface area contributed by atoms with Crippen molar-refractivity contribution < 1.29 is 23.1 Å². The second kappa shape index (κ2) is 5.35. The van der Waals surface area contributed by atoms with Crippen LogP contribution >= 0.6 is 0 Å².